The summed E-state index contributed by atoms with van der Waals surface area (Å²) in [6.07, 6.45) is 3.64. The van der Waals surface area contributed by atoms with Gasteiger partial charge in [-0.25, -0.2) is 0 Å². The van der Waals surface area contributed by atoms with Gasteiger partial charge in [-0.15, -0.1) is 0 Å². The molecule has 36 heavy (non-hydrogen) atoms. The van der Waals surface area contributed by atoms with Gasteiger partial charge in [-0.1, -0.05) is 76.2 Å². The summed E-state index contributed by atoms with van der Waals surface area (Å²) >= 11 is 0. The molecule has 6 heteroatoms. The Hall–Kier alpha value is -2.93. The molecular weight excluding hydrogens is 450 g/mol. The Kier molecular flexibility index (Phi) is 15.1. The van der Waals surface area contributed by atoms with Crippen molar-refractivity contribution < 1.29 is 15.0 Å². The van der Waals surface area contributed by atoms with Crippen molar-refractivity contribution in [1.29, 1.82) is 0 Å². The Labute approximate surface area is 217 Å². The minimum atomic E-state index is -0.521. The van der Waals surface area contributed by atoms with Crippen LogP contribution >= 0.6 is 0 Å². The van der Waals surface area contributed by atoms with E-state index in [1.165, 1.54) is 0 Å². The van der Waals surface area contributed by atoms with Crippen molar-refractivity contribution in [2.24, 2.45) is 0 Å². The Bertz CT molecular complexity index is 938. The molecule has 1 aliphatic rings. The van der Waals surface area contributed by atoms with Crippen LogP contribution < -0.4 is 10.6 Å². The average Bonchev–Trinajstić information content (AvgIpc) is 2.93. The summed E-state index contributed by atoms with van der Waals surface area (Å²) in [6.45, 7) is 12.1. The third-order valence-corrected chi connectivity index (χ3v) is 5.58. The summed E-state index contributed by atoms with van der Waals surface area (Å²) in [7, 11) is 1.78. The summed E-state index contributed by atoms with van der Waals surface area (Å²) in [5.41, 5.74) is 4.56. The zero-order valence-corrected chi connectivity index (χ0v) is 22.8. The molecular formula is C30H45N3O3. The summed E-state index contributed by atoms with van der Waals surface area (Å²) < 4.78 is 0. The third-order valence-electron chi connectivity index (χ3n) is 5.58. The van der Waals surface area contributed by atoms with Crippen LogP contribution in [0.2, 0.25) is 0 Å². The van der Waals surface area contributed by atoms with Gasteiger partial charge in [-0.05, 0) is 54.3 Å². The molecule has 1 aliphatic heterocycles. The molecule has 0 aromatic heterocycles. The van der Waals surface area contributed by atoms with Crippen LogP contribution in [-0.2, 0) is 6.42 Å². The van der Waals surface area contributed by atoms with E-state index in [1.807, 2.05) is 94.6 Å². The fourth-order valence-electron chi connectivity index (χ4n) is 3.63. The summed E-state index contributed by atoms with van der Waals surface area (Å²) in [4.78, 5) is 14.5. The van der Waals surface area contributed by atoms with Gasteiger partial charge >= 0.3 is 0 Å². The number of aliphatic hydroxyl groups is 2. The number of aliphatic hydroxyl groups excluding tert-OH is 2. The van der Waals surface area contributed by atoms with Gasteiger partial charge in [0.1, 0.15) is 0 Å². The fourth-order valence-corrected chi connectivity index (χ4v) is 3.63. The largest absolute Gasteiger partial charge is 0.389 e. The first-order valence-corrected chi connectivity index (χ1v) is 13.0. The molecule has 2 atom stereocenters. The van der Waals surface area contributed by atoms with Gasteiger partial charge in [0.05, 0.1) is 12.2 Å². The maximum Gasteiger partial charge on any atom is 0.253 e. The van der Waals surface area contributed by atoms with Gasteiger partial charge in [-0.3, -0.25) is 4.79 Å². The van der Waals surface area contributed by atoms with Crippen LogP contribution in [-0.4, -0.2) is 60.4 Å². The summed E-state index contributed by atoms with van der Waals surface area (Å²) in [5, 5.41) is 26.4. The molecule has 6 nitrogen and oxygen atoms in total. The lowest BCUT2D eigenvalue weighted by Crippen LogP contribution is -2.31. The molecule has 4 N–H and O–H groups in total. The second kappa shape index (κ2) is 17.5. The van der Waals surface area contributed by atoms with Gasteiger partial charge in [0, 0.05) is 38.4 Å². The van der Waals surface area contributed by atoms with Crippen LogP contribution in [0.4, 0.5) is 0 Å². The van der Waals surface area contributed by atoms with Crippen molar-refractivity contribution in [3.8, 4) is 0 Å². The SMILES string of the molecule is CC.CC.CC(O)C1=CC(CN(C)C(=O)c2ccc(CCNCC(O)c3ccccc3)cc2)=CNC1. The lowest BCUT2D eigenvalue weighted by molar-refractivity contribution is 0.0807. The molecule has 0 spiro atoms. The van der Waals surface area contributed by atoms with E-state index in [0.29, 0.717) is 25.2 Å². The maximum absolute atomic E-state index is 12.8. The molecule has 0 saturated heterocycles. The number of nitrogens with zero attached hydrogens (tertiary/aromatic N) is 1. The average molecular weight is 496 g/mol. The molecule has 0 radical (unpaired) electrons. The number of nitrogens with one attached hydrogen (secondary N) is 2. The smallest absolute Gasteiger partial charge is 0.253 e. The van der Waals surface area contributed by atoms with Gasteiger partial charge in [-0.2, -0.15) is 0 Å². The number of likely N-dealkylation sites (N-methyl/N-ethyl adjacent to an activating group) is 1. The van der Waals surface area contributed by atoms with Crippen molar-refractivity contribution in [3.05, 3.63) is 94.7 Å². The van der Waals surface area contributed by atoms with E-state index in [9.17, 15) is 15.0 Å². The van der Waals surface area contributed by atoms with Crippen molar-refractivity contribution in [2.75, 3.05) is 33.2 Å². The fraction of sp³-hybridized carbons (Fsp3) is 0.433. The molecule has 2 unspecified atom stereocenters. The van der Waals surface area contributed by atoms with Crippen LogP contribution in [0.3, 0.4) is 0 Å². The van der Waals surface area contributed by atoms with Crippen LogP contribution in [0.5, 0.6) is 0 Å². The summed E-state index contributed by atoms with van der Waals surface area (Å²) in [6, 6.07) is 17.3. The number of benzene rings is 2. The molecule has 0 aliphatic carbocycles. The highest BCUT2D eigenvalue weighted by atomic mass is 16.3. The molecule has 1 amide bonds. The van der Waals surface area contributed by atoms with Crippen LogP contribution in [0, 0.1) is 0 Å². The van der Waals surface area contributed by atoms with E-state index in [2.05, 4.69) is 10.6 Å². The molecule has 1 heterocycles. The Morgan fingerprint density at radius 2 is 1.67 bits per heavy atom. The lowest BCUT2D eigenvalue weighted by Gasteiger charge is -2.22. The Morgan fingerprint density at radius 3 is 2.28 bits per heavy atom. The van der Waals surface area contributed by atoms with Crippen molar-refractivity contribution >= 4 is 5.91 Å². The highest BCUT2D eigenvalue weighted by Gasteiger charge is 2.15. The second-order valence-electron chi connectivity index (χ2n) is 8.23. The molecule has 0 bridgehead atoms. The summed E-state index contributed by atoms with van der Waals surface area (Å²) in [5.74, 6) is -0.0425. The van der Waals surface area contributed by atoms with Crippen molar-refractivity contribution in [2.45, 2.75) is 53.2 Å². The molecule has 198 valence electrons. The monoisotopic (exact) mass is 495 g/mol. The molecule has 2 aromatic rings. The number of hydrogen-bond acceptors (Lipinski definition) is 5. The maximum atomic E-state index is 12.8. The van der Waals surface area contributed by atoms with Crippen molar-refractivity contribution in [1.82, 2.24) is 15.5 Å². The first-order valence-electron chi connectivity index (χ1n) is 13.0. The van der Waals surface area contributed by atoms with Gasteiger partial charge in [0.2, 0.25) is 0 Å². The second-order valence-corrected chi connectivity index (χ2v) is 8.23. The molecule has 0 saturated carbocycles. The van der Waals surface area contributed by atoms with Crippen LogP contribution in [0.25, 0.3) is 0 Å². The number of hydrogen-bond donors (Lipinski definition) is 4. The van der Waals surface area contributed by atoms with Gasteiger partial charge in [0.25, 0.3) is 5.91 Å². The Balaban J connectivity index is 0.00000154. The molecule has 2 aromatic carbocycles. The van der Waals surface area contributed by atoms with E-state index in [1.54, 1.807) is 18.9 Å². The lowest BCUT2D eigenvalue weighted by atomic mass is 10.0. The number of rotatable bonds is 10. The third kappa shape index (κ3) is 10.4. The minimum absolute atomic E-state index is 0.0425. The predicted molar refractivity (Wildman–Crippen MR) is 150 cm³/mol. The standard InChI is InChI=1S/C26H33N3O3.2C2H6/c1-19(30)24-14-21(15-28-16-24)18-29(2)26(32)23-10-8-20(9-11-23)12-13-27-17-25(31)22-6-4-3-5-7-22;2*1-2/h3-11,14-15,19,25,27-28,30-31H,12-13,16-18H2,1-2H3;2*1-2H3. The predicted octanol–water partition coefficient (Wildman–Crippen LogP) is 4.47. The van der Waals surface area contributed by atoms with E-state index >= 15 is 0 Å². The number of carbonyl (C=O) groups is 1. The van der Waals surface area contributed by atoms with E-state index in [4.69, 9.17) is 0 Å². The van der Waals surface area contributed by atoms with Gasteiger partial charge < -0.3 is 25.7 Å². The first-order chi connectivity index (χ1) is 17.4. The zero-order valence-electron chi connectivity index (χ0n) is 22.8. The van der Waals surface area contributed by atoms with E-state index in [0.717, 1.165) is 35.2 Å². The number of amides is 1. The normalized spacial score (nSPS) is 13.9. The van der Waals surface area contributed by atoms with Crippen LogP contribution in [0.15, 0.2) is 78.0 Å². The topological polar surface area (TPSA) is 84.8 Å². The molecule has 3 rings (SSSR count). The zero-order chi connectivity index (χ0) is 26.9. The highest BCUT2D eigenvalue weighted by molar-refractivity contribution is 5.94. The molecule has 0 fully saturated rings. The highest BCUT2D eigenvalue weighted by Crippen LogP contribution is 2.14. The number of carbonyl (C=O) groups excluding carboxylic acids is 1. The Morgan fingerprint density at radius 1 is 1.03 bits per heavy atom. The van der Waals surface area contributed by atoms with Crippen molar-refractivity contribution in [3.63, 3.8) is 0 Å². The van der Waals surface area contributed by atoms with E-state index in [-0.39, 0.29) is 5.91 Å². The minimum Gasteiger partial charge on any atom is -0.389 e. The van der Waals surface area contributed by atoms with Crippen LogP contribution in [0.1, 0.15) is 62.2 Å². The van der Waals surface area contributed by atoms with E-state index < -0.39 is 12.2 Å². The quantitative estimate of drug-likeness (QED) is 0.366. The van der Waals surface area contributed by atoms with Gasteiger partial charge in [0.15, 0.2) is 0 Å². The number of dihydropyridines is 1. The first kappa shape index (κ1) is 31.1.